The van der Waals surface area contributed by atoms with Gasteiger partial charge < -0.3 is 18.3 Å². The molecule has 102 heavy (non-hydrogen) atoms. The number of hydrogen-bond acceptors (Lipinski definition) is 3. The van der Waals surface area contributed by atoms with Gasteiger partial charge in [0.2, 0.25) is 0 Å². The molecule has 5 aromatic heterocycles. The first kappa shape index (κ1) is 58.2. The monoisotopic (exact) mass is 1300 g/mol. The second-order valence-electron chi connectivity index (χ2n) is 26.4. The van der Waals surface area contributed by atoms with Gasteiger partial charge >= 0.3 is 0 Å². The highest BCUT2D eigenvalue weighted by Crippen LogP contribution is 2.42. The Morgan fingerprint density at radius 3 is 0.775 bits per heavy atom. The van der Waals surface area contributed by atoms with Gasteiger partial charge in [0.05, 0.1) is 67.2 Å². The Balaban J connectivity index is 0.620. The molecular formula is C95H59N7. The first-order valence-corrected chi connectivity index (χ1v) is 34.6. The highest BCUT2D eigenvalue weighted by Gasteiger charge is 2.21. The van der Waals surface area contributed by atoms with Crippen LogP contribution >= 0.6 is 0 Å². The van der Waals surface area contributed by atoms with E-state index < -0.39 is 0 Å². The summed E-state index contributed by atoms with van der Waals surface area (Å²) >= 11 is 0. The van der Waals surface area contributed by atoms with Crippen molar-refractivity contribution >= 4 is 87.2 Å². The van der Waals surface area contributed by atoms with Crippen LogP contribution in [0, 0.1) is 11.3 Å². The van der Waals surface area contributed by atoms with Crippen molar-refractivity contribution in [3.05, 3.63) is 363 Å². The van der Waals surface area contributed by atoms with Crippen molar-refractivity contribution in [1.82, 2.24) is 28.2 Å². The second kappa shape index (κ2) is 23.7. The molecule has 0 N–H and O–H groups in total. The largest absolute Gasteiger partial charge is 0.309 e. The molecule has 0 unspecified atom stereocenters. The first-order chi connectivity index (χ1) is 50.5. The fourth-order valence-electron chi connectivity index (χ4n) is 15.7. The van der Waals surface area contributed by atoms with E-state index in [4.69, 9.17) is 9.97 Å². The summed E-state index contributed by atoms with van der Waals surface area (Å²) in [5.41, 5.74) is 28.0. The van der Waals surface area contributed by atoms with Crippen LogP contribution in [0.1, 0.15) is 5.56 Å². The topological polar surface area (TPSA) is 69.3 Å². The summed E-state index contributed by atoms with van der Waals surface area (Å²) in [5.74, 6) is 0.628. The molecule has 0 saturated carbocycles. The molecule has 7 heteroatoms. The van der Waals surface area contributed by atoms with E-state index in [1.807, 2.05) is 24.3 Å². The Labute approximate surface area is 587 Å². The smallest absolute Gasteiger partial charge is 0.160 e. The van der Waals surface area contributed by atoms with Crippen LogP contribution in [0.3, 0.4) is 0 Å². The number of benzene rings is 15. The lowest BCUT2D eigenvalue weighted by molar-refractivity contribution is 1.17. The van der Waals surface area contributed by atoms with Crippen LogP contribution in [-0.4, -0.2) is 28.2 Å². The van der Waals surface area contributed by atoms with E-state index in [0.29, 0.717) is 11.4 Å². The van der Waals surface area contributed by atoms with Crippen LogP contribution in [-0.2, 0) is 0 Å². The molecule has 15 aromatic carbocycles. The van der Waals surface area contributed by atoms with E-state index in [0.717, 1.165) is 95.1 Å². The first-order valence-electron chi connectivity index (χ1n) is 34.6. The number of fused-ring (bicyclic) bond motifs is 12. The summed E-state index contributed by atoms with van der Waals surface area (Å²) < 4.78 is 9.51. The van der Waals surface area contributed by atoms with Crippen LogP contribution < -0.4 is 0 Å². The quantitative estimate of drug-likeness (QED) is 0.130. The SMILES string of the molecule is N#Cc1ccc(-c2ccc(-c3nc(-c4ccc(-c5ccc(-n6c7ccccc7c7cc(-c8ccc9c(c8)c8ccccc8n9-c8ccccc8)ccc76)cc5)cc4)cc(-c4ccc(-n5c6ccccc6c6cc(-c7ccc8c(c7)c7ccccc7n8-c7ccccc7)ccc65)cc4)n3)cc2)cc1. The summed E-state index contributed by atoms with van der Waals surface area (Å²) in [6, 6.07) is 131. The Morgan fingerprint density at radius 2 is 0.441 bits per heavy atom. The molecule has 0 bridgehead atoms. The summed E-state index contributed by atoms with van der Waals surface area (Å²) in [6.45, 7) is 0. The standard InChI is InChI=1S/C95H59N7/c96-60-61-27-29-62(30-28-61)64-33-37-68(38-34-64)95-97-85(59-86(98-95)67-41-49-76(50-42-67)102-90-26-14-10-22-80(90)84-58-72(46-54-94(84)102)70-44-52-92-82(56-70)78-20-8-12-24-88(78)100(92)74-17-5-2-6-18-74)66-35-31-63(32-36-66)65-39-47-75(48-40-65)101-89-25-13-9-21-79(89)83-57-71(45-53-93(83)101)69-43-51-91-81(55-69)77-19-7-11-23-87(77)99(91)73-15-3-1-4-16-73/h1-59H. The number of hydrogen-bond donors (Lipinski definition) is 0. The van der Waals surface area contributed by atoms with Crippen LogP contribution in [0.15, 0.2) is 358 Å². The number of nitriles is 1. The highest BCUT2D eigenvalue weighted by molar-refractivity contribution is 6.15. The molecule has 20 rings (SSSR count). The molecule has 5 heterocycles. The van der Waals surface area contributed by atoms with E-state index >= 15 is 0 Å². The van der Waals surface area contributed by atoms with Crippen LogP contribution in [0.25, 0.3) is 188 Å². The minimum absolute atomic E-state index is 0.628. The second-order valence-corrected chi connectivity index (χ2v) is 26.4. The fraction of sp³-hybridized carbons (Fsp3) is 0. The Hall–Kier alpha value is -13.9. The van der Waals surface area contributed by atoms with Gasteiger partial charge in [-0.05, 0) is 184 Å². The number of aromatic nitrogens is 6. The predicted molar refractivity (Wildman–Crippen MR) is 422 cm³/mol. The molecule has 0 spiro atoms. The zero-order chi connectivity index (χ0) is 67.4. The lowest BCUT2D eigenvalue weighted by Crippen LogP contribution is -1.97. The predicted octanol–water partition coefficient (Wildman–Crippen LogP) is 24.4. The molecule has 20 aromatic rings. The molecule has 7 nitrogen and oxygen atoms in total. The van der Waals surface area contributed by atoms with Gasteiger partial charge in [0.15, 0.2) is 5.82 Å². The van der Waals surface area contributed by atoms with Gasteiger partial charge in [-0.15, -0.1) is 0 Å². The Kier molecular flexibility index (Phi) is 13.5. The molecule has 474 valence electrons. The number of rotatable bonds is 11. The van der Waals surface area contributed by atoms with Gasteiger partial charge in [-0.25, -0.2) is 9.97 Å². The van der Waals surface area contributed by atoms with Crippen molar-refractivity contribution < 1.29 is 0 Å². The average molecular weight is 1300 g/mol. The maximum absolute atomic E-state index is 9.49. The van der Waals surface area contributed by atoms with Crippen molar-refractivity contribution in [2.45, 2.75) is 0 Å². The van der Waals surface area contributed by atoms with E-state index in [-0.39, 0.29) is 0 Å². The van der Waals surface area contributed by atoms with E-state index in [1.54, 1.807) is 0 Å². The van der Waals surface area contributed by atoms with Crippen molar-refractivity contribution in [3.8, 4) is 107 Å². The summed E-state index contributed by atoms with van der Waals surface area (Å²) in [6.07, 6.45) is 0. The van der Waals surface area contributed by atoms with E-state index in [9.17, 15) is 5.26 Å². The minimum atomic E-state index is 0.628. The third-order valence-electron chi connectivity index (χ3n) is 20.7. The Bertz CT molecular complexity index is 6750. The third kappa shape index (κ3) is 9.65. The molecule has 0 amide bonds. The Morgan fingerprint density at radius 1 is 0.196 bits per heavy atom. The molecule has 0 aliphatic carbocycles. The average Bonchev–Trinajstić information content (AvgIpc) is 1.60. The summed E-state index contributed by atoms with van der Waals surface area (Å²) in [4.78, 5) is 10.6. The number of nitrogens with zero attached hydrogens (tertiary/aromatic N) is 7. The van der Waals surface area contributed by atoms with Crippen molar-refractivity contribution in [2.75, 3.05) is 0 Å². The van der Waals surface area contributed by atoms with Gasteiger partial charge in [0.1, 0.15) is 0 Å². The van der Waals surface area contributed by atoms with Crippen LogP contribution in [0.2, 0.25) is 0 Å². The lowest BCUT2D eigenvalue weighted by Gasteiger charge is -2.12. The number of para-hydroxylation sites is 6. The van der Waals surface area contributed by atoms with Gasteiger partial charge in [-0.1, -0.05) is 218 Å². The van der Waals surface area contributed by atoms with Crippen LogP contribution in [0.4, 0.5) is 0 Å². The molecular weight excluding hydrogens is 1240 g/mol. The molecule has 0 atom stereocenters. The van der Waals surface area contributed by atoms with Gasteiger partial charge in [-0.2, -0.15) is 5.26 Å². The molecule has 0 radical (unpaired) electrons. The molecule has 0 fully saturated rings. The summed E-state index contributed by atoms with van der Waals surface area (Å²) in [7, 11) is 0. The zero-order valence-corrected chi connectivity index (χ0v) is 55.2. The third-order valence-corrected chi connectivity index (χ3v) is 20.7. The normalized spacial score (nSPS) is 11.7. The van der Waals surface area contributed by atoms with Gasteiger partial charge in [-0.3, -0.25) is 0 Å². The van der Waals surface area contributed by atoms with Gasteiger partial charge in [0.25, 0.3) is 0 Å². The van der Waals surface area contributed by atoms with Gasteiger partial charge in [0, 0.05) is 82.5 Å². The van der Waals surface area contributed by atoms with E-state index in [1.165, 1.54) is 87.4 Å². The zero-order valence-electron chi connectivity index (χ0n) is 55.2. The maximum atomic E-state index is 9.49. The lowest BCUT2D eigenvalue weighted by atomic mass is 10.0. The molecule has 0 aliphatic heterocycles. The fourth-order valence-corrected chi connectivity index (χ4v) is 15.7. The van der Waals surface area contributed by atoms with Crippen molar-refractivity contribution in [2.24, 2.45) is 0 Å². The molecule has 0 aliphatic rings. The van der Waals surface area contributed by atoms with Crippen molar-refractivity contribution in [3.63, 3.8) is 0 Å². The van der Waals surface area contributed by atoms with E-state index in [2.05, 4.69) is 358 Å². The van der Waals surface area contributed by atoms with Crippen molar-refractivity contribution in [1.29, 1.82) is 5.26 Å². The maximum Gasteiger partial charge on any atom is 0.160 e. The minimum Gasteiger partial charge on any atom is -0.309 e. The molecule has 0 saturated heterocycles. The highest BCUT2D eigenvalue weighted by atomic mass is 15.0. The summed E-state index contributed by atoms with van der Waals surface area (Å²) in [5, 5.41) is 19.3. The van der Waals surface area contributed by atoms with Crippen LogP contribution in [0.5, 0.6) is 0 Å².